The molecule has 0 bridgehead atoms. The molecule has 0 saturated carbocycles. The van der Waals surface area contributed by atoms with Crippen LogP contribution in [0.2, 0.25) is 0 Å². The van der Waals surface area contributed by atoms with Crippen molar-refractivity contribution in [1.82, 2.24) is 0 Å². The van der Waals surface area contributed by atoms with Gasteiger partial charge in [0.05, 0.1) is 0 Å². The van der Waals surface area contributed by atoms with E-state index in [-0.39, 0.29) is 12.1 Å². The van der Waals surface area contributed by atoms with Crippen LogP contribution in [-0.2, 0) is 0 Å². The maximum absolute atomic E-state index is 14.2. The number of alkyl halides is 26. The number of benzene rings is 1. The molecule has 50 heavy (non-hydrogen) atoms. The molecular weight excluding hydrogens is 788 g/mol. The molecule has 28 heteroatoms. The van der Waals surface area contributed by atoms with E-state index in [1.807, 2.05) is 0 Å². The molecule has 0 atom stereocenters. The number of aromatic hydroxyl groups is 1. The summed E-state index contributed by atoms with van der Waals surface area (Å²) >= 11 is 0. The highest BCUT2D eigenvalue weighted by atomic mass is 19.4. The standard InChI is InChI=1S/C22H13F26NO/c23-11(24,13(27,28)15(31,32)17(35,36)19(39,40)21(43,44)45)5-7-49(9-1-3-10(50)4-2-9)8-6-12(25,26)14(29,30)16(33,34)18(37,38)20(41,42)22(46,47)48/h1-4,50H,5-8H2. The van der Waals surface area contributed by atoms with Gasteiger partial charge >= 0.3 is 71.6 Å². The van der Waals surface area contributed by atoms with E-state index in [2.05, 4.69) is 0 Å². The Morgan fingerprint density at radius 3 is 0.840 bits per heavy atom. The van der Waals surface area contributed by atoms with Gasteiger partial charge in [0.25, 0.3) is 0 Å². The van der Waals surface area contributed by atoms with Gasteiger partial charge in [0.1, 0.15) is 5.75 Å². The van der Waals surface area contributed by atoms with Crippen molar-refractivity contribution in [3.8, 4) is 5.75 Å². The van der Waals surface area contributed by atoms with Gasteiger partial charge in [0, 0.05) is 31.6 Å². The number of halogens is 26. The van der Waals surface area contributed by atoms with Crippen LogP contribution in [-0.4, -0.2) is 89.8 Å². The first-order valence-electron chi connectivity index (χ1n) is 12.0. The van der Waals surface area contributed by atoms with Crippen LogP contribution < -0.4 is 4.90 Å². The van der Waals surface area contributed by atoms with Crippen molar-refractivity contribution in [2.75, 3.05) is 18.0 Å². The first-order valence-corrected chi connectivity index (χ1v) is 12.0. The van der Waals surface area contributed by atoms with Crippen molar-refractivity contribution in [1.29, 1.82) is 0 Å². The Hall–Kier alpha value is -3.00. The third-order valence-electron chi connectivity index (χ3n) is 6.60. The second kappa shape index (κ2) is 12.6. The van der Waals surface area contributed by atoms with Crippen molar-refractivity contribution < 1.29 is 119 Å². The molecule has 294 valence electrons. The molecule has 0 radical (unpaired) electrons. The minimum atomic E-state index is -8.38. The second-order valence-electron chi connectivity index (χ2n) is 10.0. The Morgan fingerprint density at radius 1 is 0.360 bits per heavy atom. The quantitative estimate of drug-likeness (QED) is 0.179. The average Bonchev–Trinajstić information content (AvgIpc) is 2.91. The van der Waals surface area contributed by atoms with Gasteiger partial charge in [0.2, 0.25) is 0 Å². The predicted octanol–water partition coefficient (Wildman–Crippen LogP) is 10.5. The van der Waals surface area contributed by atoms with Crippen LogP contribution >= 0.6 is 0 Å². The van der Waals surface area contributed by atoms with Crippen molar-refractivity contribution in [2.45, 2.75) is 84.4 Å². The fourth-order valence-corrected chi connectivity index (χ4v) is 3.50. The van der Waals surface area contributed by atoms with E-state index in [9.17, 15) is 119 Å². The Morgan fingerprint density at radius 2 is 0.600 bits per heavy atom. The zero-order chi connectivity index (χ0) is 40.4. The lowest BCUT2D eigenvalue weighted by molar-refractivity contribution is -0.440. The fraction of sp³-hybridized carbons (Fsp3) is 0.727. The zero-order valence-corrected chi connectivity index (χ0v) is 22.9. The van der Waals surface area contributed by atoms with E-state index in [1.54, 1.807) is 0 Å². The van der Waals surface area contributed by atoms with Crippen LogP contribution in [0.1, 0.15) is 12.8 Å². The first-order chi connectivity index (χ1) is 21.6. The molecule has 0 amide bonds. The van der Waals surface area contributed by atoms with Crippen LogP contribution in [0, 0.1) is 0 Å². The SMILES string of the molecule is Oc1ccc(N(CCC(F)(F)C(F)(F)C(F)(F)C(F)(F)C(F)(F)C(F)(F)F)CCC(F)(F)C(F)(F)C(F)(F)C(F)(F)C(F)(F)C(F)(F)F)cc1. The maximum atomic E-state index is 14.2. The highest BCUT2D eigenvalue weighted by Crippen LogP contribution is 2.62. The lowest BCUT2D eigenvalue weighted by Crippen LogP contribution is -2.70. The Balaban J connectivity index is 3.57. The summed E-state index contributed by atoms with van der Waals surface area (Å²) < 4.78 is 347. The van der Waals surface area contributed by atoms with Crippen molar-refractivity contribution in [3.63, 3.8) is 0 Å². The average molecular weight is 801 g/mol. The second-order valence-corrected chi connectivity index (χ2v) is 10.0. The highest BCUT2D eigenvalue weighted by Gasteiger charge is 2.92. The summed E-state index contributed by atoms with van der Waals surface area (Å²) in [4.78, 5) is -0.533. The molecular formula is C22H13F26NO. The van der Waals surface area contributed by atoms with E-state index < -0.39 is 114 Å². The largest absolute Gasteiger partial charge is 0.508 e. The zero-order valence-electron chi connectivity index (χ0n) is 22.9. The topological polar surface area (TPSA) is 23.5 Å². The molecule has 1 rings (SSSR count). The third kappa shape index (κ3) is 6.82. The summed E-state index contributed by atoms with van der Waals surface area (Å²) in [7, 11) is 0. The van der Waals surface area contributed by atoms with Gasteiger partial charge in [-0.3, -0.25) is 0 Å². The lowest BCUT2D eigenvalue weighted by Gasteiger charge is -2.41. The number of hydrogen-bond donors (Lipinski definition) is 1. The monoisotopic (exact) mass is 801 g/mol. The molecule has 0 fully saturated rings. The van der Waals surface area contributed by atoms with Crippen LogP contribution in [0.3, 0.4) is 0 Å². The molecule has 0 saturated heterocycles. The summed E-state index contributed by atoms with van der Waals surface area (Å²) in [6.45, 7) is -4.85. The molecule has 0 aromatic heterocycles. The van der Waals surface area contributed by atoms with Crippen LogP contribution in [0.5, 0.6) is 5.75 Å². The van der Waals surface area contributed by atoms with Crippen LogP contribution in [0.4, 0.5) is 120 Å². The minimum Gasteiger partial charge on any atom is -0.508 e. The van der Waals surface area contributed by atoms with Gasteiger partial charge in [-0.25, -0.2) is 0 Å². The summed E-state index contributed by atoms with van der Waals surface area (Å²) in [5.74, 6) is -80.5. The Bertz CT molecular complexity index is 1230. The van der Waals surface area contributed by atoms with E-state index >= 15 is 0 Å². The molecule has 0 aliphatic heterocycles. The van der Waals surface area contributed by atoms with Gasteiger partial charge in [-0.1, -0.05) is 0 Å². The van der Waals surface area contributed by atoms with Crippen LogP contribution in [0.15, 0.2) is 24.3 Å². The van der Waals surface area contributed by atoms with Gasteiger partial charge in [0.15, 0.2) is 0 Å². The minimum absolute atomic E-state index is 0.265. The maximum Gasteiger partial charge on any atom is 0.460 e. The lowest BCUT2D eigenvalue weighted by atomic mass is 9.92. The molecule has 1 aromatic carbocycles. The first kappa shape index (κ1) is 45.0. The number of phenols is 1. The molecule has 0 heterocycles. The van der Waals surface area contributed by atoms with E-state index in [0.717, 1.165) is 0 Å². The molecule has 2 nitrogen and oxygen atoms in total. The van der Waals surface area contributed by atoms with Gasteiger partial charge in [-0.15, -0.1) is 0 Å². The third-order valence-corrected chi connectivity index (χ3v) is 6.60. The number of phenolic OH excluding ortho intramolecular Hbond substituents is 1. The van der Waals surface area contributed by atoms with E-state index in [0.29, 0.717) is 12.1 Å². The molecule has 0 aliphatic carbocycles. The highest BCUT2D eigenvalue weighted by molar-refractivity contribution is 5.49. The van der Waals surface area contributed by atoms with Crippen molar-refractivity contribution >= 4 is 5.69 Å². The summed E-state index contributed by atoms with van der Waals surface area (Å²) in [5, 5.41) is 9.20. The Kier molecular flexibility index (Phi) is 11.3. The molecule has 1 aromatic rings. The normalized spacial score (nSPS) is 15.8. The Labute approximate surface area is 258 Å². The molecule has 1 N–H and O–H groups in total. The molecule has 0 spiro atoms. The summed E-state index contributed by atoms with van der Waals surface area (Å²) in [6, 6.07) is 1.26. The molecule has 0 aliphatic rings. The predicted molar refractivity (Wildman–Crippen MR) is 111 cm³/mol. The summed E-state index contributed by atoms with van der Waals surface area (Å²) in [5.41, 5.74) is -1.16. The van der Waals surface area contributed by atoms with E-state index in [1.165, 1.54) is 0 Å². The fourth-order valence-electron chi connectivity index (χ4n) is 3.50. The van der Waals surface area contributed by atoms with Crippen molar-refractivity contribution in [2.24, 2.45) is 0 Å². The van der Waals surface area contributed by atoms with Gasteiger partial charge in [-0.2, -0.15) is 114 Å². The van der Waals surface area contributed by atoms with Gasteiger partial charge in [-0.05, 0) is 24.3 Å². The molecule has 0 unspecified atom stereocenters. The smallest absolute Gasteiger partial charge is 0.460 e. The van der Waals surface area contributed by atoms with Crippen LogP contribution in [0.25, 0.3) is 0 Å². The number of hydrogen-bond acceptors (Lipinski definition) is 2. The number of nitrogens with zero attached hydrogens (tertiary/aromatic N) is 1. The van der Waals surface area contributed by atoms with E-state index in [4.69, 9.17) is 0 Å². The number of anilines is 1. The number of rotatable bonds is 15. The van der Waals surface area contributed by atoms with Gasteiger partial charge < -0.3 is 10.0 Å². The van der Waals surface area contributed by atoms with Crippen molar-refractivity contribution in [3.05, 3.63) is 24.3 Å². The summed E-state index contributed by atoms with van der Waals surface area (Å²) in [6.07, 6.45) is -22.1.